The van der Waals surface area contributed by atoms with E-state index < -0.39 is 5.69 Å². The van der Waals surface area contributed by atoms with Crippen LogP contribution < -0.4 is 5.69 Å². The molecule has 4 nitrogen and oxygen atoms in total. The number of nitrogens with zero attached hydrogens (tertiary/aromatic N) is 1. The number of thiophene rings is 1. The van der Waals surface area contributed by atoms with Gasteiger partial charge in [0.15, 0.2) is 0 Å². The van der Waals surface area contributed by atoms with Crippen molar-refractivity contribution in [3.05, 3.63) is 21.2 Å². The molecule has 0 aliphatic heterocycles. The maximum Gasteiger partial charge on any atom is 0.359 e. The number of nitrogens with one attached hydrogen (secondary N) is 1. The Bertz CT molecular complexity index is 410. The molecule has 0 amide bonds. The quantitative estimate of drug-likeness (QED) is 0.549. The van der Waals surface area contributed by atoms with Gasteiger partial charge in [-0.25, -0.2) is 4.79 Å². The van der Waals surface area contributed by atoms with Crippen LogP contribution in [0.15, 0.2) is 15.6 Å². The van der Waals surface area contributed by atoms with Crippen LogP contribution in [0.5, 0.6) is 0 Å². The van der Waals surface area contributed by atoms with E-state index in [0.717, 1.165) is 0 Å². The van der Waals surface area contributed by atoms with Crippen molar-refractivity contribution in [3.8, 4) is 0 Å². The third kappa shape index (κ3) is 0.522. The van der Waals surface area contributed by atoms with E-state index in [0.29, 0.717) is 15.8 Å². The Labute approximate surface area is 59.3 Å². The minimum atomic E-state index is -0.488. The molecule has 2 rings (SSSR count). The van der Waals surface area contributed by atoms with Gasteiger partial charge in [-0.05, 0) is 0 Å². The van der Waals surface area contributed by atoms with Crippen LogP contribution in [0.25, 0.3) is 11.0 Å². The molecule has 2 heterocycles. The van der Waals surface area contributed by atoms with Crippen LogP contribution in [0, 0.1) is 0 Å². The lowest BCUT2D eigenvalue weighted by Crippen LogP contribution is -2.12. The van der Waals surface area contributed by atoms with Crippen molar-refractivity contribution in [1.29, 1.82) is 0 Å². The molecule has 0 bridgehead atoms. The highest BCUT2D eigenvalue weighted by atomic mass is 32.1. The molecule has 5 heteroatoms. The summed E-state index contributed by atoms with van der Waals surface area (Å²) in [6, 6.07) is 0. The molecular formula is C5H4N2O2S. The number of rotatable bonds is 0. The molecule has 0 unspecified atom stereocenters. The first-order valence-corrected chi connectivity index (χ1v) is 3.59. The lowest BCUT2D eigenvalue weighted by Gasteiger charge is -1.82. The maximum absolute atomic E-state index is 10.7. The summed E-state index contributed by atoms with van der Waals surface area (Å²) in [6.07, 6.45) is 0. The van der Waals surface area contributed by atoms with Gasteiger partial charge in [0.25, 0.3) is 0 Å². The minimum Gasteiger partial charge on any atom is -0.424 e. The first-order chi connectivity index (χ1) is 4.79. The molecule has 10 heavy (non-hydrogen) atoms. The van der Waals surface area contributed by atoms with Crippen LogP contribution in [-0.4, -0.2) is 14.9 Å². The molecule has 2 aromatic heterocycles. The summed E-state index contributed by atoms with van der Waals surface area (Å²) in [7, 11) is 0. The SMILES string of the molecule is O=c1[nH]c2cscc2n1O. The summed E-state index contributed by atoms with van der Waals surface area (Å²) in [6.45, 7) is 0. The van der Waals surface area contributed by atoms with Crippen molar-refractivity contribution >= 4 is 22.4 Å². The van der Waals surface area contributed by atoms with E-state index in [2.05, 4.69) is 4.98 Å². The third-order valence-electron chi connectivity index (χ3n) is 1.30. The predicted molar refractivity (Wildman–Crippen MR) is 37.6 cm³/mol. The van der Waals surface area contributed by atoms with Gasteiger partial charge in [-0.15, -0.1) is 16.1 Å². The molecule has 0 saturated heterocycles. The molecule has 0 fully saturated rings. The fourth-order valence-corrected chi connectivity index (χ4v) is 1.56. The Kier molecular flexibility index (Phi) is 0.906. The van der Waals surface area contributed by atoms with Crippen LogP contribution in [-0.2, 0) is 0 Å². The smallest absolute Gasteiger partial charge is 0.359 e. The second-order valence-electron chi connectivity index (χ2n) is 1.91. The normalized spacial score (nSPS) is 10.8. The second-order valence-corrected chi connectivity index (χ2v) is 2.66. The molecule has 0 aliphatic rings. The van der Waals surface area contributed by atoms with Crippen molar-refractivity contribution < 1.29 is 5.21 Å². The van der Waals surface area contributed by atoms with Gasteiger partial charge in [0.05, 0.1) is 5.52 Å². The molecule has 2 N–H and O–H groups in total. The number of hydrogen-bond donors (Lipinski definition) is 2. The minimum absolute atomic E-state index is 0.488. The highest BCUT2D eigenvalue weighted by molar-refractivity contribution is 7.09. The molecule has 52 valence electrons. The van der Waals surface area contributed by atoms with Crippen LogP contribution in [0.1, 0.15) is 0 Å². The Balaban J connectivity index is 3.09. The molecule has 0 saturated carbocycles. The van der Waals surface area contributed by atoms with Gasteiger partial charge in [-0.2, -0.15) is 0 Å². The molecule has 0 aromatic carbocycles. The average molecular weight is 156 g/mol. The van der Waals surface area contributed by atoms with E-state index in [1.165, 1.54) is 11.3 Å². The highest BCUT2D eigenvalue weighted by Crippen LogP contribution is 2.13. The number of aromatic amines is 1. The van der Waals surface area contributed by atoms with Gasteiger partial charge in [0.2, 0.25) is 0 Å². The number of aromatic nitrogens is 2. The summed E-state index contributed by atoms with van der Waals surface area (Å²) in [5.74, 6) is 0. The van der Waals surface area contributed by atoms with Gasteiger partial charge >= 0.3 is 5.69 Å². The summed E-state index contributed by atoms with van der Waals surface area (Å²) in [5.41, 5.74) is 0.727. The van der Waals surface area contributed by atoms with Crippen LogP contribution in [0.2, 0.25) is 0 Å². The van der Waals surface area contributed by atoms with Crippen molar-refractivity contribution in [1.82, 2.24) is 9.71 Å². The van der Waals surface area contributed by atoms with Crippen LogP contribution in [0.4, 0.5) is 0 Å². The predicted octanol–water partition coefficient (Wildman–Crippen LogP) is 0.628. The summed E-state index contributed by atoms with van der Waals surface area (Å²) in [4.78, 5) is 13.1. The fourth-order valence-electron chi connectivity index (χ4n) is 0.825. The first-order valence-electron chi connectivity index (χ1n) is 2.65. The zero-order valence-electron chi connectivity index (χ0n) is 4.87. The van der Waals surface area contributed by atoms with Gasteiger partial charge in [-0.3, -0.25) is 0 Å². The summed E-state index contributed by atoms with van der Waals surface area (Å²) < 4.78 is 0.603. The Morgan fingerprint density at radius 3 is 3.10 bits per heavy atom. The van der Waals surface area contributed by atoms with E-state index in [-0.39, 0.29) is 0 Å². The number of hydrogen-bond acceptors (Lipinski definition) is 3. The Hall–Kier alpha value is -1.23. The lowest BCUT2D eigenvalue weighted by atomic mass is 10.5. The van der Waals surface area contributed by atoms with E-state index in [4.69, 9.17) is 5.21 Å². The topological polar surface area (TPSA) is 58.0 Å². The number of H-pyrrole nitrogens is 1. The highest BCUT2D eigenvalue weighted by Gasteiger charge is 2.03. The monoisotopic (exact) mass is 156 g/mol. The van der Waals surface area contributed by atoms with Gasteiger partial charge in [0, 0.05) is 10.8 Å². The van der Waals surface area contributed by atoms with E-state index in [1.54, 1.807) is 10.8 Å². The number of fused-ring (bicyclic) bond motifs is 1. The van der Waals surface area contributed by atoms with Gasteiger partial charge in [0.1, 0.15) is 5.52 Å². The molecule has 0 radical (unpaired) electrons. The second kappa shape index (κ2) is 1.63. The largest absolute Gasteiger partial charge is 0.424 e. The standard InChI is InChI=1S/C5H4N2O2S/c8-5-6-3-1-10-2-4(3)7(5)9/h1-2,9H,(H,6,8). The lowest BCUT2D eigenvalue weighted by molar-refractivity contribution is 0.188. The zero-order chi connectivity index (χ0) is 7.14. The fraction of sp³-hybridized carbons (Fsp3) is 0. The van der Waals surface area contributed by atoms with Gasteiger partial charge in [-0.1, -0.05) is 0 Å². The van der Waals surface area contributed by atoms with Crippen molar-refractivity contribution in [3.63, 3.8) is 0 Å². The zero-order valence-corrected chi connectivity index (χ0v) is 5.68. The van der Waals surface area contributed by atoms with Gasteiger partial charge < -0.3 is 10.2 Å². The van der Waals surface area contributed by atoms with E-state index in [9.17, 15) is 4.79 Å². The molecule has 0 spiro atoms. The number of imidazole rings is 1. The molecular weight excluding hydrogens is 152 g/mol. The maximum atomic E-state index is 10.7. The van der Waals surface area contributed by atoms with Crippen molar-refractivity contribution in [2.24, 2.45) is 0 Å². The molecule has 0 atom stereocenters. The Morgan fingerprint density at radius 1 is 1.60 bits per heavy atom. The Morgan fingerprint density at radius 2 is 2.40 bits per heavy atom. The molecule has 2 aromatic rings. The molecule has 0 aliphatic carbocycles. The first kappa shape index (κ1) is 5.55. The average Bonchev–Trinajstić information content (AvgIpc) is 2.41. The van der Waals surface area contributed by atoms with Crippen LogP contribution in [0.3, 0.4) is 0 Å². The van der Waals surface area contributed by atoms with Crippen molar-refractivity contribution in [2.45, 2.75) is 0 Å². The summed E-state index contributed by atoms with van der Waals surface area (Å²) in [5, 5.41) is 12.4. The van der Waals surface area contributed by atoms with E-state index in [1.807, 2.05) is 0 Å². The van der Waals surface area contributed by atoms with Crippen LogP contribution >= 0.6 is 11.3 Å². The van der Waals surface area contributed by atoms with E-state index >= 15 is 0 Å². The van der Waals surface area contributed by atoms with Crippen molar-refractivity contribution in [2.75, 3.05) is 0 Å². The summed E-state index contributed by atoms with van der Waals surface area (Å²) >= 11 is 1.43. The third-order valence-corrected chi connectivity index (χ3v) is 2.03.